The molecule has 31 heavy (non-hydrogen) atoms. The summed E-state index contributed by atoms with van der Waals surface area (Å²) in [6.45, 7) is 0.312. The average Bonchev–Trinajstić information content (AvgIpc) is 2.90. The molecule has 0 radical (unpaired) electrons. The Kier molecular flexibility index (Phi) is 5.08. The topological polar surface area (TPSA) is 71.6 Å². The largest absolute Gasteiger partial charge is 0.303 e. The Bertz CT molecular complexity index is 1190. The summed E-state index contributed by atoms with van der Waals surface area (Å²) in [7, 11) is 0. The number of nitrogens with zero attached hydrogens (tertiary/aromatic N) is 3. The Balaban J connectivity index is 1.62. The number of aromatic nitrogens is 1. The van der Waals surface area contributed by atoms with E-state index in [9.17, 15) is 9.18 Å². The first kappa shape index (κ1) is 19.6. The fraction of sp³-hybridized carbons (Fsp3) is 0.240. The number of benzene rings is 2. The van der Waals surface area contributed by atoms with Crippen molar-refractivity contribution in [1.29, 1.82) is 0 Å². The van der Waals surface area contributed by atoms with Crippen LogP contribution in [-0.2, 0) is 24.2 Å². The molecule has 0 unspecified atom stereocenters. The van der Waals surface area contributed by atoms with E-state index >= 15 is 0 Å². The predicted octanol–water partition coefficient (Wildman–Crippen LogP) is 3.77. The zero-order valence-corrected chi connectivity index (χ0v) is 17.1. The van der Waals surface area contributed by atoms with Gasteiger partial charge in [-0.15, -0.1) is 0 Å². The van der Waals surface area contributed by atoms with Gasteiger partial charge in [0.2, 0.25) is 0 Å². The minimum atomic E-state index is -1.12. The second-order valence-electron chi connectivity index (χ2n) is 7.95. The first-order valence-corrected chi connectivity index (χ1v) is 10.6. The van der Waals surface area contributed by atoms with Crippen molar-refractivity contribution in [1.82, 2.24) is 4.98 Å². The summed E-state index contributed by atoms with van der Waals surface area (Å²) < 4.78 is 14.6. The number of aliphatic imine (C=N–C) groups is 1. The molecule has 0 fully saturated rings. The first-order chi connectivity index (χ1) is 15.1. The molecule has 0 bridgehead atoms. The normalized spacial score (nSPS) is 18.1. The molecule has 3 aromatic rings. The van der Waals surface area contributed by atoms with Crippen LogP contribution in [0.25, 0.3) is 0 Å². The summed E-state index contributed by atoms with van der Waals surface area (Å²) in [5.41, 5.74) is 11.7. The van der Waals surface area contributed by atoms with Crippen molar-refractivity contribution in [3.8, 4) is 0 Å². The molecule has 0 saturated heterocycles. The third-order valence-corrected chi connectivity index (χ3v) is 6.04. The fourth-order valence-corrected chi connectivity index (χ4v) is 4.51. The molecule has 1 atom stereocenters. The SMILES string of the molecule is N[C@H]1N=C(c2ccccc2F)c2ccccc2N(Cc2nccc3c2CCCC3)C1=O. The summed E-state index contributed by atoms with van der Waals surface area (Å²) in [6.07, 6.45) is 4.99. The van der Waals surface area contributed by atoms with Gasteiger partial charge in [0.25, 0.3) is 5.91 Å². The Labute approximate surface area is 180 Å². The van der Waals surface area contributed by atoms with Gasteiger partial charge in [-0.3, -0.25) is 14.8 Å². The van der Waals surface area contributed by atoms with Gasteiger partial charge < -0.3 is 10.6 Å². The van der Waals surface area contributed by atoms with Crippen molar-refractivity contribution in [3.05, 3.63) is 94.6 Å². The molecule has 5 rings (SSSR count). The van der Waals surface area contributed by atoms with Crippen LogP contribution in [0.1, 0.15) is 40.8 Å². The summed E-state index contributed by atoms with van der Waals surface area (Å²) in [5.74, 6) is -0.725. The standard InChI is InChI=1S/C25H23FN4O/c26-20-11-5-3-9-18(20)23-19-10-4-6-12-22(19)30(25(31)24(27)29-23)15-21-17-8-2-1-7-16(17)13-14-28-21/h3-6,9-14,24H,1-2,7-8,15,27H2/t24-/m0/s1. The third-order valence-electron chi connectivity index (χ3n) is 6.04. The number of fused-ring (bicyclic) bond motifs is 2. The van der Waals surface area contributed by atoms with Gasteiger partial charge >= 0.3 is 0 Å². The van der Waals surface area contributed by atoms with E-state index in [2.05, 4.69) is 16.0 Å². The molecule has 2 N–H and O–H groups in total. The number of amides is 1. The lowest BCUT2D eigenvalue weighted by atomic mass is 9.91. The zero-order chi connectivity index (χ0) is 21.4. The number of benzodiazepines with no additional fused rings is 1. The minimum absolute atomic E-state index is 0.312. The monoisotopic (exact) mass is 414 g/mol. The van der Waals surface area contributed by atoms with Crippen molar-refractivity contribution < 1.29 is 9.18 Å². The smallest absolute Gasteiger partial charge is 0.266 e. The van der Waals surface area contributed by atoms with Gasteiger partial charge in [0.1, 0.15) is 5.82 Å². The number of aryl methyl sites for hydroxylation is 1. The number of hydrogen-bond donors (Lipinski definition) is 1. The summed E-state index contributed by atoms with van der Waals surface area (Å²) >= 11 is 0. The second-order valence-corrected chi connectivity index (χ2v) is 7.95. The van der Waals surface area contributed by atoms with E-state index in [1.54, 1.807) is 23.1 Å². The fourth-order valence-electron chi connectivity index (χ4n) is 4.51. The maximum atomic E-state index is 14.6. The van der Waals surface area contributed by atoms with Crippen molar-refractivity contribution >= 4 is 17.3 Å². The van der Waals surface area contributed by atoms with Crippen LogP contribution < -0.4 is 10.6 Å². The van der Waals surface area contributed by atoms with Gasteiger partial charge in [0.15, 0.2) is 6.17 Å². The summed E-state index contributed by atoms with van der Waals surface area (Å²) in [4.78, 5) is 24.0. The minimum Gasteiger partial charge on any atom is -0.303 e. The third kappa shape index (κ3) is 3.53. The van der Waals surface area contributed by atoms with Crippen LogP contribution in [-0.4, -0.2) is 22.8 Å². The van der Waals surface area contributed by atoms with E-state index in [0.717, 1.165) is 25.0 Å². The van der Waals surface area contributed by atoms with Crippen molar-refractivity contribution in [2.45, 2.75) is 38.4 Å². The van der Waals surface area contributed by atoms with E-state index in [1.165, 1.54) is 23.6 Å². The maximum Gasteiger partial charge on any atom is 0.266 e. The Morgan fingerprint density at radius 1 is 1.00 bits per heavy atom. The van der Waals surface area contributed by atoms with Crippen LogP contribution in [0.15, 0.2) is 65.8 Å². The molecule has 6 heteroatoms. The predicted molar refractivity (Wildman–Crippen MR) is 119 cm³/mol. The molecule has 1 aliphatic heterocycles. The highest BCUT2D eigenvalue weighted by Gasteiger charge is 2.31. The van der Waals surface area contributed by atoms with E-state index < -0.39 is 12.0 Å². The van der Waals surface area contributed by atoms with E-state index in [0.29, 0.717) is 29.1 Å². The highest BCUT2D eigenvalue weighted by Crippen LogP contribution is 2.31. The van der Waals surface area contributed by atoms with Crippen molar-refractivity contribution in [2.75, 3.05) is 4.90 Å². The molecule has 2 aromatic carbocycles. The van der Waals surface area contributed by atoms with Gasteiger partial charge in [-0.25, -0.2) is 4.39 Å². The molecule has 1 aromatic heterocycles. The van der Waals surface area contributed by atoms with Crippen molar-refractivity contribution in [2.24, 2.45) is 10.7 Å². The van der Waals surface area contributed by atoms with Crippen LogP contribution >= 0.6 is 0 Å². The molecule has 2 heterocycles. The lowest BCUT2D eigenvalue weighted by molar-refractivity contribution is -0.119. The van der Waals surface area contributed by atoms with Gasteiger partial charge in [-0.05, 0) is 61.1 Å². The van der Waals surface area contributed by atoms with Crippen LogP contribution in [0, 0.1) is 5.82 Å². The summed E-state index contributed by atoms with van der Waals surface area (Å²) in [6, 6.07) is 15.9. The number of pyridine rings is 1. The summed E-state index contributed by atoms with van der Waals surface area (Å²) in [5, 5.41) is 0. The van der Waals surface area contributed by atoms with Crippen LogP contribution in [0.4, 0.5) is 10.1 Å². The van der Waals surface area contributed by atoms with Crippen LogP contribution in [0.2, 0.25) is 0 Å². The molecule has 5 nitrogen and oxygen atoms in total. The van der Waals surface area contributed by atoms with Crippen molar-refractivity contribution in [3.63, 3.8) is 0 Å². The Hall–Kier alpha value is -3.38. The Morgan fingerprint density at radius 2 is 1.74 bits per heavy atom. The van der Waals surface area contributed by atoms with Gasteiger partial charge in [0.05, 0.1) is 23.6 Å². The average molecular weight is 414 g/mol. The lowest BCUT2D eigenvalue weighted by Crippen LogP contribution is -2.42. The second kappa shape index (κ2) is 8.04. The molecule has 0 saturated carbocycles. The van der Waals surface area contributed by atoms with Gasteiger partial charge in [0, 0.05) is 17.3 Å². The van der Waals surface area contributed by atoms with E-state index in [-0.39, 0.29) is 5.91 Å². The number of hydrogen-bond acceptors (Lipinski definition) is 4. The number of anilines is 1. The van der Waals surface area contributed by atoms with Crippen LogP contribution in [0.5, 0.6) is 0 Å². The molecular weight excluding hydrogens is 391 g/mol. The molecular formula is C25H23FN4O. The van der Waals surface area contributed by atoms with E-state index in [1.807, 2.05) is 30.5 Å². The number of halogens is 1. The lowest BCUT2D eigenvalue weighted by Gasteiger charge is -2.26. The zero-order valence-electron chi connectivity index (χ0n) is 17.1. The molecule has 2 aliphatic rings. The number of carbonyl (C=O) groups excluding carboxylic acids is 1. The first-order valence-electron chi connectivity index (χ1n) is 10.6. The molecule has 1 amide bonds. The van der Waals surface area contributed by atoms with E-state index in [4.69, 9.17) is 5.73 Å². The number of nitrogens with two attached hydrogens (primary N) is 1. The number of carbonyl (C=O) groups is 1. The maximum absolute atomic E-state index is 14.6. The Morgan fingerprint density at radius 3 is 2.58 bits per heavy atom. The highest BCUT2D eigenvalue weighted by atomic mass is 19.1. The molecule has 1 aliphatic carbocycles. The molecule has 0 spiro atoms. The van der Waals surface area contributed by atoms with Crippen LogP contribution in [0.3, 0.4) is 0 Å². The quantitative estimate of drug-likeness (QED) is 0.709. The number of rotatable bonds is 3. The highest BCUT2D eigenvalue weighted by molar-refractivity contribution is 6.20. The molecule has 156 valence electrons. The van der Waals surface area contributed by atoms with Gasteiger partial charge in [-0.1, -0.05) is 30.3 Å². The number of para-hydroxylation sites is 1. The van der Waals surface area contributed by atoms with Gasteiger partial charge in [-0.2, -0.15) is 0 Å².